The molecule has 5 heterocycles. The molecule has 0 radical (unpaired) electrons. The van der Waals surface area contributed by atoms with Gasteiger partial charge in [-0.3, -0.25) is 19.4 Å². The molecule has 0 saturated carbocycles. The van der Waals surface area contributed by atoms with Crippen molar-refractivity contribution in [2.75, 3.05) is 13.2 Å². The van der Waals surface area contributed by atoms with Gasteiger partial charge in [0.05, 0.1) is 17.6 Å². The highest BCUT2D eigenvalue weighted by atomic mass is 16.8. The summed E-state index contributed by atoms with van der Waals surface area (Å²) < 4.78 is 16.6. The second kappa shape index (κ2) is 11.5. The van der Waals surface area contributed by atoms with Gasteiger partial charge in [-0.25, -0.2) is 4.98 Å². The van der Waals surface area contributed by atoms with Crippen LogP contribution in [-0.4, -0.2) is 105 Å². The average molecular weight is 616 g/mol. The van der Waals surface area contributed by atoms with Crippen molar-refractivity contribution in [1.82, 2.24) is 24.8 Å². The summed E-state index contributed by atoms with van der Waals surface area (Å²) in [6.45, 7) is 0.805. The topological polar surface area (TPSA) is 253 Å². The average Bonchev–Trinajstić information content (AvgIpc) is 3.69. The summed E-state index contributed by atoms with van der Waals surface area (Å²) in [5, 5.41) is 57.1. The number of hydroxylamine groups is 2. The van der Waals surface area contributed by atoms with E-state index in [-0.39, 0.29) is 23.7 Å². The molecule has 2 aliphatic rings. The molecule has 1 aromatic carbocycles. The molecule has 0 aliphatic carbocycles. The van der Waals surface area contributed by atoms with Crippen LogP contribution in [-0.2, 0) is 16.1 Å². The van der Waals surface area contributed by atoms with Crippen molar-refractivity contribution in [2.24, 2.45) is 0 Å². The molecule has 18 nitrogen and oxygen atoms in total. The Morgan fingerprint density at radius 1 is 1.11 bits per heavy atom. The molecule has 6 N–H and O–H groups in total. The summed E-state index contributed by atoms with van der Waals surface area (Å²) in [6, 6.07) is 7.65. The zero-order valence-corrected chi connectivity index (χ0v) is 22.7. The number of carbonyl (C=O) groups is 3. The Morgan fingerprint density at radius 3 is 2.50 bits per heavy atom. The van der Waals surface area contributed by atoms with E-state index < -0.39 is 41.5 Å². The monoisotopic (exact) mass is 615 g/mol. The Morgan fingerprint density at radius 2 is 1.86 bits per heavy atom. The number of nitrogens with zero attached hydrogens (tertiary/aromatic N) is 5. The van der Waals surface area contributed by atoms with Crippen molar-refractivity contribution < 1.29 is 63.4 Å². The van der Waals surface area contributed by atoms with E-state index in [1.54, 1.807) is 36.5 Å². The Bertz CT molecular complexity index is 1640. The first-order valence-corrected chi connectivity index (χ1v) is 12.7. The van der Waals surface area contributed by atoms with Crippen LogP contribution in [0.2, 0.25) is 0 Å². The third kappa shape index (κ3) is 6.01. The fraction of sp³-hybridized carbons (Fsp3) is 0.269. The molecule has 0 spiro atoms. The molecule has 3 amide bonds. The Labute approximate surface area is 246 Å². The minimum Gasteiger partial charge on any atom is -0.487 e. The van der Waals surface area contributed by atoms with Crippen LogP contribution in [0.5, 0.6) is 11.5 Å². The van der Waals surface area contributed by atoms with Gasteiger partial charge in [-0.05, 0) is 37.3 Å². The smallest absolute Gasteiger partial charge is 0.378 e. The Hall–Kier alpha value is -5.11. The normalized spacial score (nSPS) is 16.2. The van der Waals surface area contributed by atoms with Gasteiger partial charge in [-0.1, -0.05) is 0 Å². The molecular weight excluding hydrogens is 590 g/mol. The molecule has 232 valence electrons. The summed E-state index contributed by atoms with van der Waals surface area (Å²) in [7, 11) is 0. The highest BCUT2D eigenvalue weighted by Crippen LogP contribution is 2.38. The molecule has 1 atom stereocenters. The van der Waals surface area contributed by atoms with Crippen LogP contribution in [0, 0.1) is 0 Å². The number of carbonyl (C=O) groups excluding carboxylic acids is 3. The number of fused-ring (bicyclic) bond motifs is 4. The van der Waals surface area contributed by atoms with Crippen LogP contribution in [0.3, 0.4) is 0 Å². The van der Waals surface area contributed by atoms with Gasteiger partial charge in [0.25, 0.3) is 11.8 Å². The molecule has 2 aliphatic heterocycles. The van der Waals surface area contributed by atoms with E-state index in [4.69, 9.17) is 18.4 Å². The number of hydrogen-bond donors (Lipinski definition) is 6. The molecule has 44 heavy (non-hydrogen) atoms. The van der Waals surface area contributed by atoms with Gasteiger partial charge in [0, 0.05) is 11.8 Å². The third-order valence-electron chi connectivity index (χ3n) is 6.42. The number of oxazole rings is 1. The Kier molecular flexibility index (Phi) is 7.95. The molecule has 0 bridgehead atoms. The molecular formula is C26H25N5O13. The summed E-state index contributed by atoms with van der Waals surface area (Å²) in [4.78, 5) is 49.0. The van der Waals surface area contributed by atoms with Crippen molar-refractivity contribution in [1.29, 1.82) is 0 Å². The number of ether oxygens (including phenoxy) is 1. The minimum atomic E-state index is -4.15. The van der Waals surface area contributed by atoms with Crippen LogP contribution < -0.4 is 9.57 Å². The van der Waals surface area contributed by atoms with Crippen molar-refractivity contribution in [2.45, 2.75) is 31.7 Å². The number of hydrogen-bond acceptors (Lipinski definition) is 15. The van der Waals surface area contributed by atoms with Crippen LogP contribution >= 0.6 is 0 Å². The van der Waals surface area contributed by atoms with E-state index >= 15 is 0 Å². The predicted molar refractivity (Wildman–Crippen MR) is 140 cm³/mol. The number of pyridine rings is 1. The summed E-state index contributed by atoms with van der Waals surface area (Å²) >= 11 is 0. The van der Waals surface area contributed by atoms with E-state index in [0.717, 1.165) is 10.6 Å². The van der Waals surface area contributed by atoms with Gasteiger partial charge in [0.1, 0.15) is 37.2 Å². The number of furan rings is 1. The fourth-order valence-corrected chi connectivity index (χ4v) is 4.45. The van der Waals surface area contributed by atoms with Gasteiger partial charge in [-0.2, -0.15) is 9.96 Å². The molecule has 3 aromatic heterocycles. The lowest BCUT2D eigenvalue weighted by Crippen LogP contribution is -2.65. The minimum absolute atomic E-state index is 0.106. The van der Waals surface area contributed by atoms with Gasteiger partial charge in [-0.15, -0.1) is 0 Å². The highest BCUT2D eigenvalue weighted by molar-refractivity contribution is 6.03. The first-order chi connectivity index (χ1) is 20.8. The summed E-state index contributed by atoms with van der Waals surface area (Å²) in [5.41, 5.74) is 1.63. The molecule has 4 aromatic rings. The molecule has 1 unspecified atom stereocenters. The van der Waals surface area contributed by atoms with Crippen molar-refractivity contribution in [3.05, 3.63) is 60.4 Å². The van der Waals surface area contributed by atoms with E-state index in [1.165, 1.54) is 24.4 Å². The third-order valence-corrected chi connectivity index (χ3v) is 6.42. The van der Waals surface area contributed by atoms with Crippen molar-refractivity contribution >= 4 is 29.2 Å². The van der Waals surface area contributed by atoms with Gasteiger partial charge >= 0.3 is 12.2 Å². The first-order valence-electron chi connectivity index (χ1n) is 12.7. The van der Waals surface area contributed by atoms with E-state index in [9.17, 15) is 45.0 Å². The first kappa shape index (κ1) is 30.4. The lowest BCUT2D eigenvalue weighted by atomic mass is 10.1. The maximum Gasteiger partial charge on any atom is 0.378 e. The predicted octanol–water partition coefficient (Wildman–Crippen LogP) is -1.34. The van der Waals surface area contributed by atoms with Crippen molar-refractivity contribution in [3.63, 3.8) is 0 Å². The van der Waals surface area contributed by atoms with E-state index in [0.29, 0.717) is 35.5 Å². The lowest BCUT2D eigenvalue weighted by Gasteiger charge is -2.37. The maximum absolute atomic E-state index is 13.2. The molecule has 18 heteroatoms. The van der Waals surface area contributed by atoms with Crippen LogP contribution in [0.1, 0.15) is 23.2 Å². The van der Waals surface area contributed by atoms with E-state index in [2.05, 4.69) is 9.97 Å². The zero-order valence-electron chi connectivity index (χ0n) is 22.7. The quantitative estimate of drug-likeness (QED) is 0.108. The number of benzene rings is 1. The van der Waals surface area contributed by atoms with E-state index in [1.807, 2.05) is 0 Å². The van der Waals surface area contributed by atoms with Crippen LogP contribution in [0.4, 0.5) is 0 Å². The summed E-state index contributed by atoms with van der Waals surface area (Å²) in [5.74, 6) is -1.66. The van der Waals surface area contributed by atoms with Gasteiger partial charge in [0.15, 0.2) is 11.5 Å². The molecule has 0 saturated heterocycles. The number of amides is 3. The SMILES string of the molecule is CC1COc2c(oc3cc(-c4ncco4)ccc23)C(=O)N1CC(=O)N(C(O)(O)O)C(O)(O)O.O=CN1Cc2ncccc2O1. The zero-order chi connectivity index (χ0) is 31.8. The fourth-order valence-electron chi connectivity index (χ4n) is 4.45. The number of rotatable bonds is 6. The van der Waals surface area contributed by atoms with Crippen LogP contribution in [0.25, 0.3) is 22.4 Å². The summed E-state index contributed by atoms with van der Waals surface area (Å²) in [6.07, 6.45) is -3.13. The number of aromatic nitrogens is 2. The number of aliphatic hydroxyl groups is 6. The Balaban J connectivity index is 0.000000291. The second-order valence-corrected chi connectivity index (χ2v) is 9.55. The largest absolute Gasteiger partial charge is 0.487 e. The standard InChI is InChI=1S/C19H19N3O11.C7H6N2O2/c1-9-8-32-14-11-3-2-10(16-20-4-5-31-16)6-12(11)33-15(14)17(24)21(9)7-13(23)22(18(25,26)27)19(28,29)30;10-5-9-4-6-7(11-9)2-1-3-8-6/h2-6,9,25-30H,7-8H2,1H3;1-3,5H,4H2. The van der Waals surface area contributed by atoms with Gasteiger partial charge < -0.3 is 53.9 Å². The highest BCUT2D eigenvalue weighted by Gasteiger charge is 2.49. The lowest BCUT2D eigenvalue weighted by molar-refractivity contribution is -0.494. The maximum atomic E-state index is 13.2. The second-order valence-electron chi connectivity index (χ2n) is 9.55. The van der Waals surface area contributed by atoms with Crippen LogP contribution in [0.15, 0.2) is 57.8 Å². The molecule has 0 fully saturated rings. The van der Waals surface area contributed by atoms with Crippen molar-refractivity contribution in [3.8, 4) is 23.0 Å². The van der Waals surface area contributed by atoms with Gasteiger partial charge in [0.2, 0.25) is 18.1 Å². The molecule has 6 rings (SSSR count).